The summed E-state index contributed by atoms with van der Waals surface area (Å²) in [5.74, 6) is 1.20. The summed E-state index contributed by atoms with van der Waals surface area (Å²) in [6.07, 6.45) is 3.72. The second-order valence-electron chi connectivity index (χ2n) is 4.88. The molecule has 1 aromatic heterocycles. The topological polar surface area (TPSA) is 59.5 Å². The Hall–Kier alpha value is -1.29. The summed E-state index contributed by atoms with van der Waals surface area (Å²) in [5, 5.41) is 0. The van der Waals surface area contributed by atoms with Crippen molar-refractivity contribution in [2.75, 3.05) is 13.1 Å². The van der Waals surface area contributed by atoms with Gasteiger partial charge in [-0.15, -0.1) is 0 Å². The molecule has 0 aliphatic carbocycles. The van der Waals surface area contributed by atoms with E-state index in [2.05, 4.69) is 6.92 Å². The summed E-state index contributed by atoms with van der Waals surface area (Å²) in [5.41, 5.74) is 6.38. The number of hydrogen-bond acceptors (Lipinski definition) is 3. The molecule has 1 fully saturated rings. The van der Waals surface area contributed by atoms with Gasteiger partial charge < -0.3 is 15.1 Å². The lowest BCUT2D eigenvalue weighted by atomic mass is 9.93. The highest BCUT2D eigenvalue weighted by atomic mass is 16.3. The van der Waals surface area contributed by atoms with Crippen molar-refractivity contribution in [1.82, 2.24) is 4.90 Å². The first-order valence-electron chi connectivity index (χ1n) is 6.18. The fourth-order valence-corrected chi connectivity index (χ4v) is 2.42. The van der Waals surface area contributed by atoms with Crippen LogP contribution in [0.25, 0.3) is 0 Å². The molecular weight excluding hydrogens is 216 g/mol. The summed E-state index contributed by atoms with van der Waals surface area (Å²) in [6.45, 7) is 5.34. The van der Waals surface area contributed by atoms with Gasteiger partial charge in [0.2, 0.25) is 0 Å². The Balaban J connectivity index is 2.15. The Morgan fingerprint density at radius 2 is 2.35 bits per heavy atom. The van der Waals surface area contributed by atoms with Gasteiger partial charge in [-0.25, -0.2) is 0 Å². The van der Waals surface area contributed by atoms with E-state index in [0.29, 0.717) is 29.8 Å². The molecule has 2 rings (SSSR count). The van der Waals surface area contributed by atoms with Gasteiger partial charge in [0.25, 0.3) is 5.91 Å². The molecule has 2 N–H and O–H groups in total. The number of furan rings is 1. The van der Waals surface area contributed by atoms with Crippen molar-refractivity contribution < 1.29 is 9.21 Å². The molecule has 2 heterocycles. The van der Waals surface area contributed by atoms with Crippen LogP contribution in [0.4, 0.5) is 0 Å². The Labute approximate surface area is 102 Å². The summed E-state index contributed by atoms with van der Waals surface area (Å²) >= 11 is 0. The minimum atomic E-state index is 0.0712. The maximum Gasteiger partial charge on any atom is 0.257 e. The second kappa shape index (κ2) is 4.92. The molecule has 0 saturated carbocycles. The number of amides is 1. The average molecular weight is 236 g/mol. The molecule has 0 spiro atoms. The van der Waals surface area contributed by atoms with Gasteiger partial charge >= 0.3 is 0 Å². The number of aryl methyl sites for hydroxylation is 1. The summed E-state index contributed by atoms with van der Waals surface area (Å²) in [7, 11) is 0. The second-order valence-corrected chi connectivity index (χ2v) is 4.88. The van der Waals surface area contributed by atoms with Crippen LogP contribution in [-0.2, 0) is 0 Å². The van der Waals surface area contributed by atoms with E-state index < -0.39 is 0 Å². The van der Waals surface area contributed by atoms with Crippen molar-refractivity contribution in [2.45, 2.75) is 32.7 Å². The summed E-state index contributed by atoms with van der Waals surface area (Å²) in [4.78, 5) is 14.3. The molecule has 0 bridgehead atoms. The van der Waals surface area contributed by atoms with E-state index >= 15 is 0 Å². The van der Waals surface area contributed by atoms with Crippen molar-refractivity contribution >= 4 is 5.91 Å². The van der Waals surface area contributed by atoms with E-state index in [1.807, 2.05) is 11.8 Å². The van der Waals surface area contributed by atoms with Crippen molar-refractivity contribution in [3.63, 3.8) is 0 Å². The van der Waals surface area contributed by atoms with Gasteiger partial charge in [-0.05, 0) is 45.2 Å². The predicted molar refractivity (Wildman–Crippen MR) is 65.7 cm³/mol. The van der Waals surface area contributed by atoms with Gasteiger partial charge in [-0.1, -0.05) is 0 Å². The number of hydrogen-bond donors (Lipinski definition) is 1. The molecular formula is C13H20N2O2. The molecule has 4 nitrogen and oxygen atoms in total. The molecule has 2 unspecified atom stereocenters. The Kier molecular flexibility index (Phi) is 3.52. The normalized spacial score (nSPS) is 25.0. The summed E-state index contributed by atoms with van der Waals surface area (Å²) < 4.78 is 5.19. The number of piperidine rings is 1. The number of carbonyl (C=O) groups is 1. The van der Waals surface area contributed by atoms with Crippen LogP contribution >= 0.6 is 0 Å². The van der Waals surface area contributed by atoms with Crippen LogP contribution in [0, 0.1) is 12.8 Å². The molecule has 4 heteroatoms. The third-order valence-electron chi connectivity index (χ3n) is 3.66. The van der Waals surface area contributed by atoms with Crippen LogP contribution in [0.1, 0.15) is 35.9 Å². The lowest BCUT2D eigenvalue weighted by Gasteiger charge is -2.37. The third kappa shape index (κ3) is 2.36. The monoisotopic (exact) mass is 236 g/mol. The van der Waals surface area contributed by atoms with Gasteiger partial charge in [0.15, 0.2) is 0 Å². The molecule has 1 aliphatic heterocycles. The van der Waals surface area contributed by atoms with Gasteiger partial charge in [0, 0.05) is 12.6 Å². The first-order valence-corrected chi connectivity index (χ1v) is 6.18. The summed E-state index contributed by atoms with van der Waals surface area (Å²) in [6, 6.07) is 2.04. The smallest absolute Gasteiger partial charge is 0.257 e. The number of nitrogens with zero attached hydrogens (tertiary/aromatic N) is 1. The van der Waals surface area contributed by atoms with Crippen molar-refractivity contribution in [1.29, 1.82) is 0 Å². The zero-order valence-corrected chi connectivity index (χ0v) is 10.5. The van der Waals surface area contributed by atoms with Crippen LogP contribution in [0.15, 0.2) is 16.7 Å². The minimum Gasteiger partial charge on any atom is -0.469 e. The van der Waals surface area contributed by atoms with Crippen molar-refractivity contribution in [3.8, 4) is 0 Å². The van der Waals surface area contributed by atoms with E-state index in [1.54, 1.807) is 12.3 Å². The minimum absolute atomic E-state index is 0.0712. The Bertz CT molecular complexity index is 400. The lowest BCUT2D eigenvalue weighted by Crippen LogP contribution is -2.47. The fraction of sp³-hybridized carbons (Fsp3) is 0.615. The van der Waals surface area contributed by atoms with Crippen LogP contribution in [0.2, 0.25) is 0 Å². The number of nitrogens with two attached hydrogens (primary N) is 1. The molecule has 1 aliphatic rings. The van der Waals surface area contributed by atoms with Gasteiger partial charge in [-0.3, -0.25) is 4.79 Å². The number of likely N-dealkylation sites (tertiary alicyclic amines) is 1. The largest absolute Gasteiger partial charge is 0.469 e. The quantitative estimate of drug-likeness (QED) is 0.851. The predicted octanol–water partition coefficient (Wildman–Crippen LogP) is 1.79. The molecule has 17 heavy (non-hydrogen) atoms. The molecule has 1 saturated heterocycles. The SMILES string of the molecule is Cc1occc1C(=O)N1CC(CN)CCC1C. The van der Waals surface area contributed by atoms with Crippen molar-refractivity contribution in [2.24, 2.45) is 11.7 Å². The van der Waals surface area contributed by atoms with E-state index in [0.717, 1.165) is 19.4 Å². The molecule has 1 aromatic rings. The Morgan fingerprint density at radius 1 is 1.59 bits per heavy atom. The lowest BCUT2D eigenvalue weighted by molar-refractivity contribution is 0.0565. The molecule has 0 aromatic carbocycles. The Morgan fingerprint density at radius 3 is 2.94 bits per heavy atom. The molecule has 94 valence electrons. The van der Waals surface area contributed by atoms with E-state index in [1.165, 1.54) is 0 Å². The maximum absolute atomic E-state index is 12.4. The van der Waals surface area contributed by atoms with Crippen molar-refractivity contribution in [3.05, 3.63) is 23.7 Å². The van der Waals surface area contributed by atoms with Gasteiger partial charge in [0.1, 0.15) is 5.76 Å². The number of rotatable bonds is 2. The zero-order chi connectivity index (χ0) is 12.4. The van der Waals surface area contributed by atoms with Gasteiger partial charge in [0.05, 0.1) is 11.8 Å². The third-order valence-corrected chi connectivity index (χ3v) is 3.66. The zero-order valence-electron chi connectivity index (χ0n) is 10.5. The highest BCUT2D eigenvalue weighted by Crippen LogP contribution is 2.24. The average Bonchev–Trinajstić information content (AvgIpc) is 2.75. The van der Waals surface area contributed by atoms with Crippen LogP contribution < -0.4 is 5.73 Å². The van der Waals surface area contributed by atoms with Crippen LogP contribution in [0.3, 0.4) is 0 Å². The standard InChI is InChI=1S/C13H20N2O2/c1-9-3-4-11(7-14)8-15(9)13(16)12-5-6-17-10(12)2/h5-6,9,11H,3-4,7-8,14H2,1-2H3. The van der Waals surface area contributed by atoms with E-state index in [9.17, 15) is 4.79 Å². The molecule has 0 radical (unpaired) electrons. The first-order chi connectivity index (χ1) is 8.13. The van der Waals surface area contributed by atoms with Gasteiger partial charge in [-0.2, -0.15) is 0 Å². The van der Waals surface area contributed by atoms with E-state index in [4.69, 9.17) is 10.2 Å². The maximum atomic E-state index is 12.4. The molecule has 2 atom stereocenters. The van der Waals surface area contributed by atoms with Crippen LogP contribution in [-0.4, -0.2) is 29.9 Å². The highest BCUT2D eigenvalue weighted by Gasteiger charge is 2.30. The number of carbonyl (C=O) groups excluding carboxylic acids is 1. The van der Waals surface area contributed by atoms with E-state index in [-0.39, 0.29) is 5.91 Å². The molecule has 1 amide bonds. The fourth-order valence-electron chi connectivity index (χ4n) is 2.42. The highest BCUT2D eigenvalue weighted by molar-refractivity contribution is 5.95. The van der Waals surface area contributed by atoms with Crippen LogP contribution in [0.5, 0.6) is 0 Å². The first kappa shape index (κ1) is 12.2.